The molecule has 0 spiro atoms. The van der Waals surface area contributed by atoms with Crippen LogP contribution in [0.15, 0.2) is 86.5 Å². The second-order valence-corrected chi connectivity index (χ2v) is 7.11. The number of fused-ring (bicyclic) bond motifs is 1. The van der Waals surface area contributed by atoms with Crippen molar-refractivity contribution in [1.82, 2.24) is 4.98 Å². The van der Waals surface area contributed by atoms with Crippen LogP contribution in [0.2, 0.25) is 0 Å². The quantitative estimate of drug-likeness (QED) is 0.479. The van der Waals surface area contributed by atoms with Gasteiger partial charge in [0.2, 0.25) is 5.89 Å². The number of nitrogens with zero attached hydrogens (tertiary/aromatic N) is 1. The van der Waals surface area contributed by atoms with Crippen molar-refractivity contribution in [1.29, 1.82) is 0 Å². The predicted octanol–water partition coefficient (Wildman–Crippen LogP) is 4.64. The van der Waals surface area contributed by atoms with Gasteiger partial charge in [-0.15, -0.1) is 0 Å². The van der Waals surface area contributed by atoms with E-state index in [1.807, 2.05) is 12.1 Å². The summed E-state index contributed by atoms with van der Waals surface area (Å²) in [5, 5.41) is 3.19. The fraction of sp³-hybridized carbons (Fsp3) is 0.0455. The van der Waals surface area contributed by atoms with Crippen LogP contribution in [-0.2, 0) is 4.79 Å². The van der Waals surface area contributed by atoms with E-state index in [-0.39, 0.29) is 18.4 Å². The number of para-hydroxylation sites is 1. The van der Waals surface area contributed by atoms with Crippen molar-refractivity contribution in [3.63, 3.8) is 0 Å². The summed E-state index contributed by atoms with van der Waals surface area (Å²) >= 11 is 3.35. The van der Waals surface area contributed by atoms with E-state index in [0.717, 1.165) is 4.47 Å². The molecule has 1 N–H and O–H groups in total. The molecule has 29 heavy (non-hydrogen) atoms. The van der Waals surface area contributed by atoms with Crippen molar-refractivity contribution in [3.05, 3.63) is 87.7 Å². The van der Waals surface area contributed by atoms with Gasteiger partial charge in [0.15, 0.2) is 6.61 Å². The molecule has 0 aliphatic heterocycles. The highest BCUT2D eigenvalue weighted by Crippen LogP contribution is 2.22. The fourth-order valence-electron chi connectivity index (χ4n) is 2.75. The lowest BCUT2D eigenvalue weighted by Crippen LogP contribution is -2.20. The van der Waals surface area contributed by atoms with Crippen molar-refractivity contribution in [2.45, 2.75) is 0 Å². The normalized spacial score (nSPS) is 10.7. The van der Waals surface area contributed by atoms with Crippen molar-refractivity contribution in [2.24, 2.45) is 0 Å². The first-order valence-electron chi connectivity index (χ1n) is 8.77. The summed E-state index contributed by atoms with van der Waals surface area (Å²) in [5.74, 6) is 0.480. The Bertz CT molecular complexity index is 1240. The molecule has 1 amide bonds. The van der Waals surface area contributed by atoms with Crippen LogP contribution in [0.25, 0.3) is 22.4 Å². The molecule has 7 heteroatoms. The van der Waals surface area contributed by atoms with Gasteiger partial charge in [-0.1, -0.05) is 34.1 Å². The first kappa shape index (κ1) is 18.9. The third kappa shape index (κ3) is 4.52. The van der Waals surface area contributed by atoms with Crippen LogP contribution in [0.4, 0.5) is 5.69 Å². The van der Waals surface area contributed by atoms with Gasteiger partial charge in [0.05, 0.1) is 10.9 Å². The number of benzene rings is 3. The molecule has 144 valence electrons. The number of carbonyl (C=O) groups excluding carboxylic acids is 1. The zero-order chi connectivity index (χ0) is 20.2. The van der Waals surface area contributed by atoms with Crippen LogP contribution in [0.1, 0.15) is 0 Å². The van der Waals surface area contributed by atoms with Gasteiger partial charge in [0.25, 0.3) is 5.91 Å². The Balaban J connectivity index is 1.49. The Morgan fingerprint density at radius 3 is 2.66 bits per heavy atom. The van der Waals surface area contributed by atoms with E-state index in [4.69, 9.17) is 9.15 Å². The van der Waals surface area contributed by atoms with E-state index in [1.54, 1.807) is 60.7 Å². The molecule has 0 radical (unpaired) electrons. The summed E-state index contributed by atoms with van der Waals surface area (Å²) in [6.07, 6.45) is 0. The van der Waals surface area contributed by atoms with Gasteiger partial charge in [-0.3, -0.25) is 4.79 Å². The minimum atomic E-state index is -0.456. The zero-order valence-corrected chi connectivity index (χ0v) is 16.7. The van der Waals surface area contributed by atoms with Gasteiger partial charge in [-0.2, -0.15) is 0 Å². The van der Waals surface area contributed by atoms with Crippen molar-refractivity contribution in [3.8, 4) is 17.2 Å². The molecule has 0 atom stereocenters. The molecule has 0 aliphatic rings. The maximum atomic E-state index is 12.2. The molecule has 0 saturated heterocycles. The number of anilines is 1. The van der Waals surface area contributed by atoms with Crippen LogP contribution in [-0.4, -0.2) is 17.5 Å². The molecule has 0 unspecified atom stereocenters. The molecule has 4 aromatic rings. The van der Waals surface area contributed by atoms with Crippen LogP contribution < -0.4 is 15.7 Å². The molecule has 0 bridgehead atoms. The van der Waals surface area contributed by atoms with E-state index < -0.39 is 5.63 Å². The Morgan fingerprint density at radius 2 is 1.83 bits per heavy atom. The molecular weight excluding hydrogens is 436 g/mol. The van der Waals surface area contributed by atoms with E-state index >= 15 is 0 Å². The monoisotopic (exact) mass is 450 g/mol. The standard InChI is InChI=1S/C22H15BrN2O4/c23-15-8-10-17(11-9-15)28-13-20(26)24-16-5-3-4-14(12-16)21-25-19-7-2-1-6-18(19)22(27)29-21/h1-12H,13H2,(H,24,26). The smallest absolute Gasteiger partial charge is 0.347 e. The fourth-order valence-corrected chi connectivity index (χ4v) is 3.01. The van der Waals surface area contributed by atoms with Gasteiger partial charge in [-0.05, 0) is 54.6 Å². The van der Waals surface area contributed by atoms with Crippen molar-refractivity contribution >= 4 is 38.4 Å². The number of amides is 1. The molecule has 3 aromatic carbocycles. The lowest BCUT2D eigenvalue weighted by atomic mass is 10.2. The number of hydrogen-bond donors (Lipinski definition) is 1. The Morgan fingerprint density at radius 1 is 1.03 bits per heavy atom. The van der Waals surface area contributed by atoms with Crippen LogP contribution in [0.3, 0.4) is 0 Å². The van der Waals surface area contributed by atoms with Crippen molar-refractivity contribution < 1.29 is 13.9 Å². The summed E-state index contributed by atoms with van der Waals surface area (Å²) in [6, 6.07) is 21.1. The number of ether oxygens (including phenoxy) is 1. The number of hydrogen-bond acceptors (Lipinski definition) is 5. The third-order valence-electron chi connectivity index (χ3n) is 4.11. The highest BCUT2D eigenvalue weighted by atomic mass is 79.9. The summed E-state index contributed by atoms with van der Waals surface area (Å²) in [5.41, 5.74) is 1.23. The molecule has 4 rings (SSSR count). The van der Waals surface area contributed by atoms with Gasteiger partial charge in [0.1, 0.15) is 5.75 Å². The molecule has 6 nitrogen and oxygen atoms in total. The highest BCUT2D eigenvalue weighted by Gasteiger charge is 2.10. The Hall–Kier alpha value is -3.45. The van der Waals surface area contributed by atoms with Gasteiger partial charge < -0.3 is 14.5 Å². The van der Waals surface area contributed by atoms with Gasteiger partial charge >= 0.3 is 5.63 Å². The van der Waals surface area contributed by atoms with E-state index in [2.05, 4.69) is 26.2 Å². The Kier molecular flexibility index (Phi) is 5.39. The Labute approximate surface area is 174 Å². The minimum absolute atomic E-state index is 0.130. The molecule has 0 aliphatic carbocycles. The summed E-state index contributed by atoms with van der Waals surface area (Å²) in [6.45, 7) is -0.130. The summed E-state index contributed by atoms with van der Waals surface area (Å²) in [4.78, 5) is 28.8. The van der Waals surface area contributed by atoms with E-state index in [1.165, 1.54) is 0 Å². The molecule has 0 saturated carbocycles. The number of aromatic nitrogens is 1. The number of rotatable bonds is 5. The van der Waals surface area contributed by atoms with Crippen LogP contribution in [0.5, 0.6) is 5.75 Å². The SMILES string of the molecule is O=C(COc1ccc(Br)cc1)Nc1cccc(-c2nc3ccccc3c(=O)o2)c1. The zero-order valence-electron chi connectivity index (χ0n) is 15.1. The van der Waals surface area contributed by atoms with E-state index in [9.17, 15) is 9.59 Å². The third-order valence-corrected chi connectivity index (χ3v) is 4.64. The predicted molar refractivity (Wildman–Crippen MR) is 114 cm³/mol. The summed E-state index contributed by atoms with van der Waals surface area (Å²) < 4.78 is 11.7. The number of halogens is 1. The highest BCUT2D eigenvalue weighted by molar-refractivity contribution is 9.10. The maximum absolute atomic E-state index is 12.2. The average Bonchev–Trinajstić information content (AvgIpc) is 2.73. The first-order valence-corrected chi connectivity index (χ1v) is 9.56. The van der Waals surface area contributed by atoms with Crippen LogP contribution in [0, 0.1) is 0 Å². The topological polar surface area (TPSA) is 81.4 Å². The second kappa shape index (κ2) is 8.28. The molecular formula is C22H15BrN2O4. The maximum Gasteiger partial charge on any atom is 0.347 e. The van der Waals surface area contributed by atoms with Crippen LogP contribution >= 0.6 is 15.9 Å². The van der Waals surface area contributed by atoms with Gasteiger partial charge in [-0.25, -0.2) is 9.78 Å². The average molecular weight is 451 g/mol. The van der Waals surface area contributed by atoms with Gasteiger partial charge in [0, 0.05) is 15.7 Å². The number of nitrogens with one attached hydrogen (secondary N) is 1. The molecule has 1 heterocycles. The molecule has 0 fully saturated rings. The summed E-state index contributed by atoms with van der Waals surface area (Å²) in [7, 11) is 0. The van der Waals surface area contributed by atoms with Crippen molar-refractivity contribution in [2.75, 3.05) is 11.9 Å². The second-order valence-electron chi connectivity index (χ2n) is 6.20. The van der Waals surface area contributed by atoms with E-state index in [0.29, 0.717) is 27.9 Å². The lowest BCUT2D eigenvalue weighted by Gasteiger charge is -2.09. The molecule has 1 aromatic heterocycles. The number of carbonyl (C=O) groups is 1. The minimum Gasteiger partial charge on any atom is -0.484 e. The first-order chi connectivity index (χ1) is 14.1. The lowest BCUT2D eigenvalue weighted by molar-refractivity contribution is -0.118. The largest absolute Gasteiger partial charge is 0.484 e.